The van der Waals surface area contributed by atoms with Crippen molar-refractivity contribution >= 4 is 15.9 Å². The maximum Gasteiger partial charge on any atom is 0.243 e. The van der Waals surface area contributed by atoms with Gasteiger partial charge in [-0.1, -0.05) is 6.07 Å². The summed E-state index contributed by atoms with van der Waals surface area (Å²) in [6.07, 6.45) is 7.63. The number of aromatic nitrogens is 3. The van der Waals surface area contributed by atoms with Crippen molar-refractivity contribution in [2.24, 2.45) is 0 Å². The molecule has 2 aliphatic rings. The normalized spacial score (nSPS) is 18.1. The van der Waals surface area contributed by atoms with Gasteiger partial charge in [0.05, 0.1) is 11.4 Å². The zero-order chi connectivity index (χ0) is 19.6. The number of nitrogens with zero attached hydrogens (tertiary/aromatic N) is 5. The maximum atomic E-state index is 13.0. The Balaban J connectivity index is 1.36. The molecule has 1 saturated heterocycles. The summed E-state index contributed by atoms with van der Waals surface area (Å²) >= 11 is 0. The second kappa shape index (κ2) is 8.00. The Morgan fingerprint density at radius 2 is 1.79 bits per heavy atom. The molecule has 2 heterocycles. The molecule has 1 aromatic carbocycles. The molecule has 28 heavy (non-hydrogen) atoms. The smallest absolute Gasteiger partial charge is 0.243 e. The van der Waals surface area contributed by atoms with Crippen molar-refractivity contribution in [3.05, 3.63) is 42.0 Å². The predicted molar refractivity (Wildman–Crippen MR) is 103 cm³/mol. The molecule has 9 heteroatoms. The number of piperazine rings is 1. The van der Waals surface area contributed by atoms with Crippen molar-refractivity contribution < 1.29 is 13.2 Å². The minimum absolute atomic E-state index is 0.0151. The first kappa shape index (κ1) is 19.1. The fraction of sp³-hybridized carbons (Fsp3) is 0.526. The lowest BCUT2D eigenvalue weighted by Gasteiger charge is -2.34. The van der Waals surface area contributed by atoms with Crippen molar-refractivity contribution in [3.8, 4) is 0 Å². The third kappa shape index (κ3) is 3.95. The molecule has 0 spiro atoms. The highest BCUT2D eigenvalue weighted by atomic mass is 32.2. The van der Waals surface area contributed by atoms with Gasteiger partial charge in [0.25, 0.3) is 0 Å². The van der Waals surface area contributed by atoms with Gasteiger partial charge < -0.3 is 4.90 Å². The minimum atomic E-state index is -3.52. The van der Waals surface area contributed by atoms with Crippen LogP contribution in [0.15, 0.2) is 35.7 Å². The maximum absolute atomic E-state index is 13.0. The number of carbonyl (C=O) groups excluding carboxylic acids is 1. The van der Waals surface area contributed by atoms with Gasteiger partial charge in [0.1, 0.15) is 12.7 Å². The third-order valence-corrected chi connectivity index (χ3v) is 7.47. The zero-order valence-electron chi connectivity index (χ0n) is 15.8. The number of benzene rings is 1. The van der Waals surface area contributed by atoms with Gasteiger partial charge in [-0.05, 0) is 48.9 Å². The van der Waals surface area contributed by atoms with Crippen LogP contribution < -0.4 is 0 Å². The summed E-state index contributed by atoms with van der Waals surface area (Å²) in [6.45, 7) is 1.97. The molecular weight excluding hydrogens is 378 g/mol. The monoisotopic (exact) mass is 403 g/mol. The molecular formula is C19H25N5O3S. The van der Waals surface area contributed by atoms with Gasteiger partial charge in [0.15, 0.2) is 0 Å². The average Bonchev–Trinajstić information content (AvgIpc) is 3.25. The Hall–Kier alpha value is -2.26. The molecule has 4 rings (SSSR count). The predicted octanol–water partition coefficient (Wildman–Crippen LogP) is 1.08. The molecule has 0 N–H and O–H groups in total. The lowest BCUT2D eigenvalue weighted by Crippen LogP contribution is -2.50. The number of hydrogen-bond donors (Lipinski definition) is 0. The number of hydrogen-bond acceptors (Lipinski definition) is 5. The van der Waals surface area contributed by atoms with Crippen molar-refractivity contribution in [1.29, 1.82) is 0 Å². The van der Waals surface area contributed by atoms with E-state index >= 15 is 0 Å². The van der Waals surface area contributed by atoms with Gasteiger partial charge in [-0.2, -0.15) is 9.40 Å². The van der Waals surface area contributed by atoms with E-state index in [0.717, 1.165) is 24.8 Å². The van der Waals surface area contributed by atoms with Crippen molar-refractivity contribution in [2.45, 2.75) is 43.5 Å². The number of sulfonamides is 1. The molecule has 1 amide bonds. The lowest BCUT2D eigenvalue weighted by molar-refractivity contribution is -0.132. The van der Waals surface area contributed by atoms with Crippen molar-refractivity contribution in [1.82, 2.24) is 24.0 Å². The first-order valence-corrected chi connectivity index (χ1v) is 11.2. The van der Waals surface area contributed by atoms with E-state index in [1.165, 1.54) is 22.6 Å². The molecule has 150 valence electrons. The van der Waals surface area contributed by atoms with Crippen LogP contribution in [-0.2, 0) is 34.2 Å². The first-order valence-electron chi connectivity index (χ1n) is 9.76. The average molecular weight is 404 g/mol. The number of aryl methyl sites for hydroxylation is 3. The number of amides is 1. The minimum Gasteiger partial charge on any atom is -0.340 e. The summed E-state index contributed by atoms with van der Waals surface area (Å²) in [4.78, 5) is 18.3. The van der Waals surface area contributed by atoms with E-state index in [1.807, 2.05) is 12.1 Å². The van der Waals surface area contributed by atoms with Crippen LogP contribution in [0.25, 0.3) is 0 Å². The highest BCUT2D eigenvalue weighted by molar-refractivity contribution is 7.89. The standard InChI is InChI=1S/C19H25N5O3S/c25-19(7-8-23-15-20-14-21-23)22-9-11-24(12-10-22)28(26,27)18-6-5-16-3-1-2-4-17(16)13-18/h5-6,13-15H,1-4,7-12H2. The largest absolute Gasteiger partial charge is 0.340 e. The summed E-state index contributed by atoms with van der Waals surface area (Å²) in [5.74, 6) is 0.0151. The fourth-order valence-corrected chi connectivity index (χ4v) is 5.39. The van der Waals surface area contributed by atoms with E-state index < -0.39 is 10.0 Å². The Morgan fingerprint density at radius 3 is 2.50 bits per heavy atom. The molecule has 1 fully saturated rings. The van der Waals surface area contributed by atoms with Gasteiger partial charge >= 0.3 is 0 Å². The molecule has 0 atom stereocenters. The molecule has 0 unspecified atom stereocenters. The number of fused-ring (bicyclic) bond motifs is 1. The highest BCUT2D eigenvalue weighted by Gasteiger charge is 2.30. The van der Waals surface area contributed by atoms with Crippen LogP contribution in [0.2, 0.25) is 0 Å². The zero-order valence-corrected chi connectivity index (χ0v) is 16.6. The SMILES string of the molecule is O=C(CCn1cncn1)N1CCN(S(=O)(=O)c2ccc3c(c2)CCCC3)CC1. The summed E-state index contributed by atoms with van der Waals surface area (Å²) in [5.41, 5.74) is 2.43. The van der Waals surface area contributed by atoms with E-state index in [-0.39, 0.29) is 5.91 Å². The van der Waals surface area contributed by atoms with Crippen LogP contribution in [0, 0.1) is 0 Å². The quantitative estimate of drug-likeness (QED) is 0.745. The van der Waals surface area contributed by atoms with Gasteiger partial charge in [-0.3, -0.25) is 9.48 Å². The highest BCUT2D eigenvalue weighted by Crippen LogP contribution is 2.26. The lowest BCUT2D eigenvalue weighted by atomic mass is 9.92. The summed E-state index contributed by atoms with van der Waals surface area (Å²) in [5, 5.41) is 3.99. The molecule has 8 nitrogen and oxygen atoms in total. The molecule has 0 bridgehead atoms. The summed E-state index contributed by atoms with van der Waals surface area (Å²) < 4.78 is 29.2. The molecule has 1 aliphatic carbocycles. The molecule has 2 aromatic rings. The molecule has 0 radical (unpaired) electrons. The first-order chi connectivity index (χ1) is 13.5. The number of rotatable bonds is 5. The van der Waals surface area contributed by atoms with Crippen LogP contribution in [0.5, 0.6) is 0 Å². The van der Waals surface area contributed by atoms with Crippen LogP contribution in [-0.4, -0.2) is 64.5 Å². The molecule has 1 aromatic heterocycles. The van der Waals surface area contributed by atoms with Gasteiger partial charge in [-0.25, -0.2) is 13.4 Å². The van der Waals surface area contributed by atoms with E-state index in [9.17, 15) is 13.2 Å². The third-order valence-electron chi connectivity index (χ3n) is 5.57. The van der Waals surface area contributed by atoms with Gasteiger partial charge in [0.2, 0.25) is 15.9 Å². The van der Waals surface area contributed by atoms with E-state index in [2.05, 4.69) is 10.1 Å². The fourth-order valence-electron chi connectivity index (χ4n) is 3.91. The van der Waals surface area contributed by atoms with Crippen LogP contribution in [0.4, 0.5) is 0 Å². The molecule has 0 saturated carbocycles. The van der Waals surface area contributed by atoms with E-state index in [0.29, 0.717) is 44.0 Å². The number of carbonyl (C=O) groups is 1. The second-order valence-electron chi connectivity index (χ2n) is 7.33. The van der Waals surface area contributed by atoms with E-state index in [1.54, 1.807) is 22.0 Å². The Morgan fingerprint density at radius 1 is 1.04 bits per heavy atom. The second-order valence-corrected chi connectivity index (χ2v) is 9.27. The van der Waals surface area contributed by atoms with Gasteiger partial charge in [-0.15, -0.1) is 0 Å². The Labute approximate surface area is 165 Å². The Kier molecular flexibility index (Phi) is 5.45. The van der Waals surface area contributed by atoms with Gasteiger partial charge in [0, 0.05) is 32.6 Å². The topological polar surface area (TPSA) is 88.4 Å². The van der Waals surface area contributed by atoms with Crippen LogP contribution in [0.3, 0.4) is 0 Å². The van der Waals surface area contributed by atoms with E-state index in [4.69, 9.17) is 0 Å². The summed E-state index contributed by atoms with van der Waals surface area (Å²) in [6, 6.07) is 5.54. The van der Waals surface area contributed by atoms with Crippen LogP contribution in [0.1, 0.15) is 30.4 Å². The van der Waals surface area contributed by atoms with Crippen LogP contribution >= 0.6 is 0 Å². The summed E-state index contributed by atoms with van der Waals surface area (Å²) in [7, 11) is -3.52. The molecule has 1 aliphatic heterocycles. The Bertz CT molecular complexity index is 934. The van der Waals surface area contributed by atoms with Crippen molar-refractivity contribution in [3.63, 3.8) is 0 Å². The van der Waals surface area contributed by atoms with Crippen molar-refractivity contribution in [2.75, 3.05) is 26.2 Å².